The molecule has 1 fully saturated rings. The van der Waals surface area contributed by atoms with E-state index in [-0.39, 0.29) is 10.7 Å². The minimum Gasteiger partial charge on any atom is -0.274 e. The number of aliphatic imine (C=N–C) groups is 1. The minimum absolute atomic E-state index is 0.0962. The topological polar surface area (TPSA) is 44.7 Å². The molecular weight excluding hydrogens is 306 g/mol. The Morgan fingerprint density at radius 1 is 1.48 bits per heavy atom. The Morgan fingerprint density at radius 3 is 3.30 bits per heavy atom. The number of thioether (sulfide) groups is 1. The van der Waals surface area contributed by atoms with Crippen molar-refractivity contribution in [1.82, 2.24) is 10.4 Å². The average Bonchev–Trinajstić information content (AvgIpc) is 2.80. The fraction of sp³-hybridized carbons (Fsp3) is 0.444. The van der Waals surface area contributed by atoms with Gasteiger partial charge in [-0.3, -0.25) is 14.8 Å². The van der Waals surface area contributed by atoms with Gasteiger partial charge in [0.05, 0.1) is 16.0 Å². The van der Waals surface area contributed by atoms with Crippen molar-refractivity contribution in [3.05, 3.63) is 46.6 Å². The number of dihydropyridines is 1. The van der Waals surface area contributed by atoms with Gasteiger partial charge in [-0.15, -0.1) is 11.8 Å². The normalized spacial score (nSPS) is 32.5. The zero-order valence-electron chi connectivity index (χ0n) is 13.3. The average molecular weight is 327 g/mol. The van der Waals surface area contributed by atoms with Crippen molar-refractivity contribution in [3.8, 4) is 0 Å². The highest BCUT2D eigenvalue weighted by atomic mass is 32.2. The first-order valence-electron chi connectivity index (χ1n) is 8.26. The lowest BCUT2D eigenvalue weighted by Gasteiger charge is -2.34. The molecule has 2 unspecified atom stereocenters. The van der Waals surface area contributed by atoms with Gasteiger partial charge in [-0.05, 0) is 48.3 Å². The molecule has 5 heteroatoms. The Balaban J connectivity index is 1.60. The molecule has 1 spiro atoms. The summed E-state index contributed by atoms with van der Waals surface area (Å²) in [6, 6.07) is 0. The molecule has 1 amide bonds. The Kier molecular flexibility index (Phi) is 3.77. The lowest BCUT2D eigenvalue weighted by atomic mass is 9.83. The van der Waals surface area contributed by atoms with Crippen LogP contribution in [0.5, 0.6) is 0 Å². The largest absolute Gasteiger partial charge is 0.274 e. The van der Waals surface area contributed by atoms with Crippen LogP contribution in [-0.2, 0) is 4.79 Å². The van der Waals surface area contributed by atoms with Gasteiger partial charge in [0.15, 0.2) is 0 Å². The molecule has 0 saturated carbocycles. The molecule has 1 N–H and O–H groups in total. The Hall–Kier alpha value is -1.59. The lowest BCUT2D eigenvalue weighted by molar-refractivity contribution is -0.129. The molecular formula is C18H21N3OS. The van der Waals surface area contributed by atoms with Crippen molar-refractivity contribution >= 4 is 23.9 Å². The third-order valence-corrected chi connectivity index (χ3v) is 6.30. The van der Waals surface area contributed by atoms with Gasteiger partial charge in [0.1, 0.15) is 0 Å². The van der Waals surface area contributed by atoms with Gasteiger partial charge in [-0.2, -0.15) is 0 Å². The monoisotopic (exact) mass is 327 g/mol. The Bertz CT molecular complexity index is 688. The van der Waals surface area contributed by atoms with Crippen LogP contribution in [0.4, 0.5) is 0 Å². The third kappa shape index (κ3) is 2.42. The van der Waals surface area contributed by atoms with Crippen LogP contribution in [-0.4, -0.2) is 35.0 Å². The van der Waals surface area contributed by atoms with E-state index < -0.39 is 0 Å². The highest BCUT2D eigenvalue weighted by Gasteiger charge is 2.47. The van der Waals surface area contributed by atoms with Crippen molar-refractivity contribution in [2.45, 2.75) is 30.9 Å². The summed E-state index contributed by atoms with van der Waals surface area (Å²) in [6.45, 7) is 3.88. The van der Waals surface area contributed by atoms with Crippen LogP contribution < -0.4 is 5.43 Å². The molecule has 1 saturated heterocycles. The van der Waals surface area contributed by atoms with Crippen molar-refractivity contribution in [2.24, 2.45) is 10.9 Å². The summed E-state index contributed by atoms with van der Waals surface area (Å²) in [4.78, 5) is 17.6. The molecule has 0 bridgehead atoms. The molecule has 0 aromatic heterocycles. The van der Waals surface area contributed by atoms with Crippen LogP contribution in [0.2, 0.25) is 0 Å². The molecule has 23 heavy (non-hydrogen) atoms. The second-order valence-electron chi connectivity index (χ2n) is 6.59. The highest BCUT2D eigenvalue weighted by molar-refractivity contribution is 8.04. The first kappa shape index (κ1) is 15.0. The smallest absolute Gasteiger partial charge is 0.268 e. The fourth-order valence-electron chi connectivity index (χ4n) is 3.59. The molecule has 0 aromatic rings. The molecule has 3 heterocycles. The van der Waals surface area contributed by atoms with Gasteiger partial charge in [0.25, 0.3) is 5.91 Å². The van der Waals surface area contributed by atoms with E-state index in [9.17, 15) is 4.79 Å². The van der Waals surface area contributed by atoms with Crippen molar-refractivity contribution in [2.75, 3.05) is 13.1 Å². The van der Waals surface area contributed by atoms with Gasteiger partial charge in [-0.1, -0.05) is 19.1 Å². The number of hydrogen-bond acceptors (Lipinski definition) is 4. The number of rotatable bonds is 1. The summed E-state index contributed by atoms with van der Waals surface area (Å²) in [5.41, 5.74) is 6.30. The highest BCUT2D eigenvalue weighted by Crippen LogP contribution is 2.54. The molecule has 4 aliphatic rings. The van der Waals surface area contributed by atoms with Gasteiger partial charge < -0.3 is 0 Å². The summed E-state index contributed by atoms with van der Waals surface area (Å²) < 4.78 is -0.187. The second kappa shape index (κ2) is 5.80. The lowest BCUT2D eigenvalue weighted by Crippen LogP contribution is -2.45. The maximum atomic E-state index is 13.0. The van der Waals surface area contributed by atoms with E-state index in [0.717, 1.165) is 42.8 Å². The van der Waals surface area contributed by atoms with Crippen molar-refractivity contribution in [1.29, 1.82) is 0 Å². The summed E-state index contributed by atoms with van der Waals surface area (Å²) >= 11 is 1.72. The first-order valence-corrected chi connectivity index (χ1v) is 9.14. The Labute approximate surface area is 141 Å². The fourth-order valence-corrected chi connectivity index (χ4v) is 4.87. The van der Waals surface area contributed by atoms with Crippen LogP contribution in [0.25, 0.3) is 0 Å². The molecule has 3 aliphatic heterocycles. The predicted octanol–water partition coefficient (Wildman–Crippen LogP) is 2.97. The SMILES string of the molecule is CC1CCCN(C(=O)C2=CSC34CC=CC=C3N=CC=C24)NC1. The number of carbonyl (C=O) groups is 1. The summed E-state index contributed by atoms with van der Waals surface area (Å²) in [6.07, 6.45) is 13.2. The first-order chi connectivity index (χ1) is 11.2. The number of nitrogens with zero attached hydrogens (tertiary/aromatic N) is 2. The zero-order chi connectivity index (χ0) is 15.9. The molecule has 2 atom stereocenters. The Morgan fingerprint density at radius 2 is 2.39 bits per heavy atom. The number of amides is 1. The van der Waals surface area contributed by atoms with Crippen LogP contribution >= 0.6 is 11.8 Å². The molecule has 1 aliphatic carbocycles. The van der Waals surface area contributed by atoms with E-state index in [1.165, 1.54) is 6.42 Å². The summed E-state index contributed by atoms with van der Waals surface area (Å²) in [5, 5.41) is 3.84. The number of nitrogens with one attached hydrogen (secondary N) is 1. The van der Waals surface area contributed by atoms with Gasteiger partial charge in [0.2, 0.25) is 0 Å². The van der Waals surface area contributed by atoms with Gasteiger partial charge in [-0.25, -0.2) is 5.43 Å². The van der Waals surface area contributed by atoms with Crippen LogP contribution in [0, 0.1) is 5.92 Å². The quantitative estimate of drug-likeness (QED) is 0.805. The number of hydrazine groups is 1. The number of allylic oxidation sites excluding steroid dienone is 4. The van der Waals surface area contributed by atoms with E-state index in [2.05, 4.69) is 35.6 Å². The molecule has 4 nitrogen and oxygen atoms in total. The standard InChI is InChI=1S/C18H21N3OS/c1-13-5-4-10-21(20-11-13)17(22)14-12-23-18-8-3-2-6-16(18)19-9-7-15(14)18/h2-3,6-7,9,12-13,20H,4-5,8,10-11H2,1H3. The summed E-state index contributed by atoms with van der Waals surface area (Å²) in [5.74, 6) is 0.712. The maximum absolute atomic E-state index is 13.0. The van der Waals surface area contributed by atoms with Crippen molar-refractivity contribution in [3.63, 3.8) is 0 Å². The minimum atomic E-state index is -0.187. The maximum Gasteiger partial charge on any atom is 0.268 e. The van der Waals surface area contributed by atoms with E-state index in [1.807, 2.05) is 22.7 Å². The second-order valence-corrected chi connectivity index (χ2v) is 7.75. The number of hydrogen-bond donors (Lipinski definition) is 1. The third-order valence-electron chi connectivity index (χ3n) is 4.95. The molecule has 4 rings (SSSR count). The molecule has 120 valence electrons. The number of carbonyl (C=O) groups excluding carboxylic acids is 1. The zero-order valence-corrected chi connectivity index (χ0v) is 14.1. The predicted molar refractivity (Wildman–Crippen MR) is 94.9 cm³/mol. The summed E-state index contributed by atoms with van der Waals surface area (Å²) in [7, 11) is 0. The van der Waals surface area contributed by atoms with E-state index in [1.54, 1.807) is 11.8 Å². The van der Waals surface area contributed by atoms with Crippen molar-refractivity contribution < 1.29 is 4.79 Å². The van der Waals surface area contributed by atoms with Crippen LogP contribution in [0.3, 0.4) is 0 Å². The van der Waals surface area contributed by atoms with Gasteiger partial charge in [0, 0.05) is 19.3 Å². The van der Waals surface area contributed by atoms with E-state index >= 15 is 0 Å². The van der Waals surface area contributed by atoms with Crippen LogP contribution in [0.15, 0.2) is 51.5 Å². The van der Waals surface area contributed by atoms with Gasteiger partial charge >= 0.3 is 0 Å². The van der Waals surface area contributed by atoms with E-state index in [4.69, 9.17) is 0 Å². The molecule has 0 radical (unpaired) electrons. The molecule has 0 aromatic carbocycles. The van der Waals surface area contributed by atoms with E-state index in [0.29, 0.717) is 5.92 Å². The van der Waals surface area contributed by atoms with Crippen LogP contribution in [0.1, 0.15) is 26.2 Å².